The number of aromatic hydroxyl groups is 1. The smallest absolute Gasteiger partial charge is 0.305 e. The summed E-state index contributed by atoms with van der Waals surface area (Å²) < 4.78 is 0. The zero-order valence-corrected chi connectivity index (χ0v) is 36.4. The molecule has 65 heavy (non-hydrogen) atoms. The number of H-pyrrole nitrogens is 1. The predicted molar refractivity (Wildman–Crippen MR) is 239 cm³/mol. The fraction of sp³-hybridized carbons (Fsp3) is 0.465. The number of carbonyl (C=O) groups is 8. The molecule has 348 valence electrons. The monoisotopic (exact) mass is 917 g/mol. The number of aromatic nitrogens is 1. The van der Waals surface area contributed by atoms with Crippen LogP contribution >= 0.6 is 12.6 Å². The second-order valence-electron chi connectivity index (χ2n) is 16.3. The van der Waals surface area contributed by atoms with Gasteiger partial charge in [0.15, 0.2) is 5.96 Å². The van der Waals surface area contributed by atoms with E-state index in [1.807, 2.05) is 24.3 Å². The summed E-state index contributed by atoms with van der Waals surface area (Å²) in [4.78, 5) is 122. The van der Waals surface area contributed by atoms with Crippen molar-refractivity contribution in [2.24, 2.45) is 16.5 Å². The minimum Gasteiger partial charge on any atom is -0.508 e. The molecule has 7 unspecified atom stereocenters. The van der Waals surface area contributed by atoms with Gasteiger partial charge in [-0.2, -0.15) is 12.6 Å². The third-order valence-electron chi connectivity index (χ3n) is 11.8. The quantitative estimate of drug-likeness (QED) is 0.0455. The SMILES string of the molecule is NC(N)=NCCCC1NC(=O)C2CCCN2C(=O)C(Cc2c[nH]c3ccccc23)NC(=O)C2CCCN2C(=O)C(CS)NC(=O)C(Cc2ccc(O)cc2)NC(=O)C(CC(=O)O)NC1=O. The molecule has 0 aliphatic carbocycles. The van der Waals surface area contributed by atoms with Gasteiger partial charge < -0.3 is 63.0 Å². The molecule has 7 atom stereocenters. The lowest BCUT2D eigenvalue weighted by Gasteiger charge is -2.32. The van der Waals surface area contributed by atoms with Gasteiger partial charge >= 0.3 is 5.97 Å². The molecule has 21 nitrogen and oxygen atoms in total. The van der Waals surface area contributed by atoms with Crippen LogP contribution in [0.5, 0.6) is 5.75 Å². The van der Waals surface area contributed by atoms with E-state index in [4.69, 9.17) is 11.5 Å². The highest BCUT2D eigenvalue weighted by Gasteiger charge is 2.43. The van der Waals surface area contributed by atoms with Crippen molar-refractivity contribution in [1.29, 1.82) is 0 Å². The Hall–Kier alpha value is -6.84. The van der Waals surface area contributed by atoms with E-state index in [0.29, 0.717) is 24.0 Å². The van der Waals surface area contributed by atoms with Gasteiger partial charge in [-0.25, -0.2) is 0 Å². The first-order chi connectivity index (χ1) is 31.1. The molecule has 3 fully saturated rings. The van der Waals surface area contributed by atoms with Crippen LogP contribution in [0.4, 0.5) is 0 Å². The van der Waals surface area contributed by atoms with Crippen LogP contribution in [-0.4, -0.2) is 146 Å². The standard InChI is InChI=1S/C43H55N11O10S/c44-43(45)46-15-3-8-28-36(58)50-30(20-35(56)57)38(60)49-29(18-23-11-13-25(55)14-12-23)37(59)52-32(22-65)42(64)54-17-5-10-34(54)40(62)51-31(19-24-21-47-27-7-2-1-6-26(24)27)41(63)53-16-4-9-33(53)39(61)48-28/h1-2,6-7,11-14,21,28-34,47,55,65H,3-5,8-10,15-20,22H2,(H,48,61)(H,49,60)(H,50,58)(H,51,62)(H,52,59)(H,56,57)(H4,44,45,46). The molecule has 0 radical (unpaired) electrons. The summed E-state index contributed by atoms with van der Waals surface area (Å²) in [6.07, 6.45) is 1.96. The first-order valence-electron chi connectivity index (χ1n) is 21.5. The fourth-order valence-electron chi connectivity index (χ4n) is 8.50. The molecule has 0 saturated carbocycles. The summed E-state index contributed by atoms with van der Waals surface area (Å²) in [6.45, 7) is 0.332. The number of benzene rings is 2. The number of amides is 7. The van der Waals surface area contributed by atoms with Crippen LogP contribution in [0.15, 0.2) is 59.7 Å². The van der Waals surface area contributed by atoms with Crippen molar-refractivity contribution in [2.75, 3.05) is 25.4 Å². The lowest BCUT2D eigenvalue weighted by atomic mass is 10.0. The van der Waals surface area contributed by atoms with Crippen LogP contribution < -0.4 is 38.1 Å². The number of hydrogen-bond donors (Lipinski definition) is 11. The molecule has 7 amide bonds. The second-order valence-corrected chi connectivity index (χ2v) is 16.7. The normalized spacial score (nSPS) is 25.1. The summed E-state index contributed by atoms with van der Waals surface area (Å²) in [7, 11) is 0. The number of aliphatic carboxylic acids is 1. The molecule has 22 heteroatoms. The van der Waals surface area contributed by atoms with Crippen molar-refractivity contribution >= 4 is 76.8 Å². The van der Waals surface area contributed by atoms with E-state index in [-0.39, 0.29) is 75.6 Å². The highest BCUT2D eigenvalue weighted by atomic mass is 32.1. The van der Waals surface area contributed by atoms with Gasteiger partial charge in [-0.1, -0.05) is 30.3 Å². The van der Waals surface area contributed by atoms with Crippen molar-refractivity contribution in [3.63, 3.8) is 0 Å². The van der Waals surface area contributed by atoms with Gasteiger partial charge in [0.1, 0.15) is 48.0 Å². The zero-order chi connectivity index (χ0) is 46.8. The summed E-state index contributed by atoms with van der Waals surface area (Å²) >= 11 is 4.36. The molecule has 0 spiro atoms. The van der Waals surface area contributed by atoms with Crippen LogP contribution in [0.2, 0.25) is 0 Å². The molecule has 3 aromatic rings. The number of aliphatic imine (C=N–C) groups is 1. The molecule has 6 rings (SSSR count). The first kappa shape index (κ1) is 47.6. The lowest BCUT2D eigenvalue weighted by molar-refractivity contribution is -0.144. The van der Waals surface area contributed by atoms with Crippen molar-refractivity contribution in [1.82, 2.24) is 41.4 Å². The number of carboxylic acid groups (broad SMARTS) is 1. The maximum absolute atomic E-state index is 14.7. The van der Waals surface area contributed by atoms with E-state index in [1.165, 1.54) is 34.1 Å². The second kappa shape index (κ2) is 21.7. The van der Waals surface area contributed by atoms with E-state index < -0.39 is 96.0 Å². The molecule has 12 N–H and O–H groups in total. The number of aromatic amines is 1. The Bertz CT molecular complexity index is 2300. The van der Waals surface area contributed by atoms with Crippen LogP contribution in [-0.2, 0) is 51.2 Å². The van der Waals surface area contributed by atoms with E-state index in [0.717, 1.165) is 10.9 Å². The number of nitrogens with zero attached hydrogens (tertiary/aromatic N) is 3. The lowest BCUT2D eigenvalue weighted by Crippen LogP contribution is -2.60. The summed E-state index contributed by atoms with van der Waals surface area (Å²) in [5, 5.41) is 33.7. The molecular formula is C43H55N11O10S. The molecule has 2 aromatic carbocycles. The third kappa shape index (κ3) is 12.0. The minimum atomic E-state index is -1.78. The molecule has 3 saturated heterocycles. The fourth-order valence-corrected chi connectivity index (χ4v) is 8.75. The number of nitrogens with two attached hydrogens (primary N) is 2. The predicted octanol–water partition coefficient (Wildman–Crippen LogP) is -1.46. The van der Waals surface area contributed by atoms with Gasteiger partial charge in [0.2, 0.25) is 41.4 Å². The molecule has 1 aromatic heterocycles. The molecule has 4 heterocycles. The number of carbonyl (C=O) groups excluding carboxylic acids is 7. The maximum atomic E-state index is 14.7. The Labute approximate surface area is 379 Å². The van der Waals surface area contributed by atoms with Crippen LogP contribution in [0.25, 0.3) is 10.9 Å². The Morgan fingerprint density at radius 1 is 0.708 bits per heavy atom. The van der Waals surface area contributed by atoms with E-state index >= 15 is 0 Å². The minimum absolute atomic E-state index is 0.0135. The van der Waals surface area contributed by atoms with Crippen LogP contribution in [0.3, 0.4) is 0 Å². The number of hydrogen-bond acceptors (Lipinski definition) is 11. The number of fused-ring (bicyclic) bond motifs is 3. The van der Waals surface area contributed by atoms with Crippen molar-refractivity contribution in [2.45, 2.75) is 100 Å². The van der Waals surface area contributed by atoms with Crippen molar-refractivity contribution in [3.05, 3.63) is 65.9 Å². The molecule has 3 aliphatic rings. The Morgan fingerprint density at radius 3 is 1.89 bits per heavy atom. The number of nitrogens with one attached hydrogen (secondary N) is 6. The number of phenolic OH excluding ortho intramolecular Hbond substituents is 1. The molecule has 0 bridgehead atoms. The van der Waals surface area contributed by atoms with E-state index in [2.05, 4.69) is 49.2 Å². The van der Waals surface area contributed by atoms with Crippen LogP contribution in [0, 0.1) is 0 Å². The Morgan fingerprint density at radius 2 is 1.26 bits per heavy atom. The average Bonchev–Trinajstić information content (AvgIpc) is 4.06. The summed E-state index contributed by atoms with van der Waals surface area (Å²) in [5.41, 5.74) is 12.9. The number of phenols is 1. The average molecular weight is 918 g/mol. The third-order valence-corrected chi connectivity index (χ3v) is 12.2. The van der Waals surface area contributed by atoms with Gasteiger partial charge in [0.25, 0.3) is 0 Å². The Balaban J connectivity index is 1.39. The van der Waals surface area contributed by atoms with Crippen molar-refractivity contribution in [3.8, 4) is 5.75 Å². The van der Waals surface area contributed by atoms with Crippen LogP contribution in [0.1, 0.15) is 56.1 Å². The number of guanidine groups is 1. The largest absolute Gasteiger partial charge is 0.508 e. The topological polar surface area (TPSA) is 324 Å². The number of carboxylic acids is 1. The van der Waals surface area contributed by atoms with Gasteiger partial charge in [-0.05, 0) is 67.9 Å². The molecular weight excluding hydrogens is 863 g/mol. The first-order valence-corrected chi connectivity index (χ1v) is 22.1. The van der Waals surface area contributed by atoms with Gasteiger partial charge in [0.05, 0.1) is 6.42 Å². The highest BCUT2D eigenvalue weighted by molar-refractivity contribution is 7.80. The van der Waals surface area contributed by atoms with Gasteiger partial charge in [-0.15, -0.1) is 0 Å². The Kier molecular flexibility index (Phi) is 15.9. The maximum Gasteiger partial charge on any atom is 0.305 e. The van der Waals surface area contributed by atoms with E-state index in [9.17, 15) is 48.6 Å². The number of rotatable bonds is 11. The summed E-state index contributed by atoms with van der Waals surface area (Å²) in [6, 6.07) is 3.84. The summed E-state index contributed by atoms with van der Waals surface area (Å²) in [5.74, 6) is -7.44. The van der Waals surface area contributed by atoms with Gasteiger partial charge in [0, 0.05) is 55.3 Å². The van der Waals surface area contributed by atoms with E-state index in [1.54, 1.807) is 6.20 Å². The number of thiol groups is 1. The highest BCUT2D eigenvalue weighted by Crippen LogP contribution is 2.25. The molecule has 3 aliphatic heterocycles. The number of para-hydroxylation sites is 1. The van der Waals surface area contributed by atoms with Gasteiger partial charge in [-0.3, -0.25) is 43.3 Å². The zero-order valence-electron chi connectivity index (χ0n) is 35.5. The van der Waals surface area contributed by atoms with Crippen molar-refractivity contribution < 1.29 is 48.6 Å².